The molecule has 26 heavy (non-hydrogen) atoms. The van der Waals surface area contributed by atoms with Crippen molar-refractivity contribution in [2.75, 3.05) is 0 Å². The maximum atomic E-state index is 12.5. The second-order valence-electron chi connectivity index (χ2n) is 5.36. The highest BCUT2D eigenvalue weighted by atomic mass is 35.5. The highest BCUT2D eigenvalue weighted by Crippen LogP contribution is 2.22. The van der Waals surface area contributed by atoms with Gasteiger partial charge in [-0.2, -0.15) is 4.99 Å². The number of fused-ring (bicyclic) bond motifs is 1. The van der Waals surface area contributed by atoms with Crippen LogP contribution in [-0.2, 0) is 16.6 Å². The first-order valence-electron chi connectivity index (χ1n) is 7.42. The third-order valence-electron chi connectivity index (χ3n) is 3.60. The smallest absolute Gasteiger partial charge is 0.281 e. The van der Waals surface area contributed by atoms with Gasteiger partial charge in [0.25, 0.3) is 5.91 Å². The van der Waals surface area contributed by atoms with Gasteiger partial charge in [0.05, 0.1) is 25.7 Å². The number of carbonyl (C=O) groups is 1. The highest BCUT2D eigenvalue weighted by molar-refractivity contribution is 7.89. The molecule has 0 aliphatic rings. The Kier molecular flexibility index (Phi) is 5.10. The van der Waals surface area contributed by atoms with Gasteiger partial charge in [-0.25, -0.2) is 13.6 Å². The summed E-state index contributed by atoms with van der Waals surface area (Å²) in [4.78, 5) is 17.1. The first kappa shape index (κ1) is 18.5. The summed E-state index contributed by atoms with van der Waals surface area (Å²) in [7, 11) is -3.82. The van der Waals surface area contributed by atoms with E-state index in [0.29, 0.717) is 26.6 Å². The minimum atomic E-state index is -3.82. The number of carbonyl (C=O) groups excluding carboxylic acids is 1. The van der Waals surface area contributed by atoms with E-state index in [1.54, 1.807) is 41.0 Å². The number of rotatable bonds is 4. The molecule has 6 nitrogen and oxygen atoms in total. The van der Waals surface area contributed by atoms with Crippen molar-refractivity contribution in [3.8, 4) is 0 Å². The summed E-state index contributed by atoms with van der Waals surface area (Å²) in [5.41, 5.74) is 1.02. The van der Waals surface area contributed by atoms with Crippen LogP contribution in [0.5, 0.6) is 0 Å². The number of thiazole rings is 1. The van der Waals surface area contributed by atoms with E-state index in [0.717, 1.165) is 5.52 Å². The second kappa shape index (κ2) is 7.16. The predicted octanol–water partition coefficient (Wildman–Crippen LogP) is 2.93. The van der Waals surface area contributed by atoms with Crippen LogP contribution in [0.4, 0.5) is 0 Å². The summed E-state index contributed by atoms with van der Waals surface area (Å²) in [6.07, 6.45) is 1.67. The maximum Gasteiger partial charge on any atom is 0.281 e. The number of primary sulfonamides is 1. The van der Waals surface area contributed by atoms with E-state index in [2.05, 4.69) is 11.6 Å². The fourth-order valence-electron chi connectivity index (χ4n) is 2.40. The monoisotopic (exact) mass is 407 g/mol. The van der Waals surface area contributed by atoms with Gasteiger partial charge < -0.3 is 4.57 Å². The molecule has 2 aromatic carbocycles. The van der Waals surface area contributed by atoms with Crippen LogP contribution >= 0.6 is 22.9 Å². The zero-order valence-electron chi connectivity index (χ0n) is 13.4. The SMILES string of the molecule is C=CCn1c(=NC(=O)c2ccccc2Cl)sc2cc(S(N)(=O)=O)ccc21. The topological polar surface area (TPSA) is 94.5 Å². The van der Waals surface area contributed by atoms with Crippen molar-refractivity contribution >= 4 is 49.1 Å². The largest absolute Gasteiger partial charge is 0.312 e. The lowest BCUT2D eigenvalue weighted by atomic mass is 10.2. The van der Waals surface area contributed by atoms with Crippen molar-refractivity contribution in [3.63, 3.8) is 0 Å². The Morgan fingerprint density at radius 3 is 2.69 bits per heavy atom. The molecule has 0 aliphatic carbocycles. The van der Waals surface area contributed by atoms with Crippen molar-refractivity contribution in [2.24, 2.45) is 10.1 Å². The lowest BCUT2D eigenvalue weighted by molar-refractivity contribution is 0.0998. The average molecular weight is 408 g/mol. The van der Waals surface area contributed by atoms with Crippen LogP contribution in [0.25, 0.3) is 10.2 Å². The van der Waals surface area contributed by atoms with Crippen LogP contribution in [0.3, 0.4) is 0 Å². The van der Waals surface area contributed by atoms with E-state index >= 15 is 0 Å². The number of aromatic nitrogens is 1. The zero-order valence-corrected chi connectivity index (χ0v) is 15.8. The van der Waals surface area contributed by atoms with Crippen molar-refractivity contribution in [2.45, 2.75) is 11.4 Å². The van der Waals surface area contributed by atoms with Crippen molar-refractivity contribution in [1.82, 2.24) is 4.57 Å². The number of amides is 1. The van der Waals surface area contributed by atoms with Crippen LogP contribution in [0, 0.1) is 0 Å². The van der Waals surface area contributed by atoms with Crippen molar-refractivity contribution < 1.29 is 13.2 Å². The highest BCUT2D eigenvalue weighted by Gasteiger charge is 2.14. The number of hydrogen-bond acceptors (Lipinski definition) is 4. The fourth-order valence-corrected chi connectivity index (χ4v) is 4.31. The molecule has 0 atom stereocenters. The summed E-state index contributed by atoms with van der Waals surface area (Å²) in [5, 5.41) is 5.50. The van der Waals surface area contributed by atoms with Gasteiger partial charge in [-0.1, -0.05) is 41.1 Å². The second-order valence-corrected chi connectivity index (χ2v) is 8.33. The summed E-state index contributed by atoms with van der Waals surface area (Å²) >= 11 is 7.24. The van der Waals surface area contributed by atoms with Crippen LogP contribution in [-0.4, -0.2) is 18.9 Å². The van der Waals surface area contributed by atoms with Crippen molar-refractivity contribution in [3.05, 3.63) is 70.5 Å². The average Bonchev–Trinajstić information content (AvgIpc) is 2.91. The van der Waals surface area contributed by atoms with Gasteiger partial charge in [-0.05, 0) is 30.3 Å². The minimum absolute atomic E-state index is 0.000911. The van der Waals surface area contributed by atoms with Crippen LogP contribution in [0.15, 0.2) is 65.0 Å². The van der Waals surface area contributed by atoms with E-state index < -0.39 is 15.9 Å². The summed E-state index contributed by atoms with van der Waals surface area (Å²) in [5.74, 6) is -0.480. The Labute approximate surface area is 158 Å². The molecule has 0 radical (unpaired) electrons. The zero-order chi connectivity index (χ0) is 18.9. The number of benzene rings is 2. The van der Waals surface area contributed by atoms with Gasteiger partial charge in [0.1, 0.15) is 0 Å². The van der Waals surface area contributed by atoms with E-state index in [4.69, 9.17) is 16.7 Å². The molecule has 0 bridgehead atoms. The van der Waals surface area contributed by atoms with Crippen LogP contribution in [0.1, 0.15) is 10.4 Å². The van der Waals surface area contributed by atoms with E-state index in [9.17, 15) is 13.2 Å². The van der Waals surface area contributed by atoms with Crippen LogP contribution < -0.4 is 9.94 Å². The normalized spacial score (nSPS) is 12.5. The van der Waals surface area contributed by atoms with Gasteiger partial charge in [0.15, 0.2) is 4.80 Å². The Balaban J connectivity index is 2.21. The van der Waals surface area contributed by atoms with E-state index in [1.165, 1.54) is 23.5 Å². The molecule has 0 saturated heterocycles. The summed E-state index contributed by atoms with van der Waals surface area (Å²) in [6.45, 7) is 4.12. The Bertz CT molecular complexity index is 1190. The lowest BCUT2D eigenvalue weighted by Gasteiger charge is -2.02. The molecule has 0 unspecified atom stereocenters. The van der Waals surface area contributed by atoms with Crippen molar-refractivity contribution in [1.29, 1.82) is 0 Å². The minimum Gasteiger partial charge on any atom is -0.312 e. The molecule has 134 valence electrons. The van der Waals surface area contributed by atoms with E-state index in [-0.39, 0.29) is 4.90 Å². The molecule has 0 saturated carbocycles. The lowest BCUT2D eigenvalue weighted by Crippen LogP contribution is -2.16. The molecular formula is C17H14ClN3O3S2. The third kappa shape index (κ3) is 3.63. The molecule has 3 aromatic rings. The van der Waals surface area contributed by atoms with Gasteiger partial charge in [0.2, 0.25) is 10.0 Å². The maximum absolute atomic E-state index is 12.5. The molecule has 0 fully saturated rings. The first-order valence-corrected chi connectivity index (χ1v) is 10.2. The molecule has 3 rings (SSSR count). The quantitative estimate of drug-likeness (QED) is 0.673. The molecular weight excluding hydrogens is 394 g/mol. The van der Waals surface area contributed by atoms with Gasteiger partial charge in [-0.15, -0.1) is 6.58 Å². The molecule has 1 aromatic heterocycles. The number of halogens is 1. The third-order valence-corrected chi connectivity index (χ3v) is 5.88. The standard InChI is InChI=1S/C17H14ClN3O3S2/c1-2-9-21-14-8-7-11(26(19,23)24)10-15(14)25-17(21)20-16(22)12-5-3-4-6-13(12)18/h2-8,10H,1,9H2,(H2,19,23,24). The number of hydrogen-bond donors (Lipinski definition) is 1. The fraction of sp³-hybridized carbons (Fsp3) is 0.0588. The Morgan fingerprint density at radius 1 is 1.31 bits per heavy atom. The predicted molar refractivity (Wildman–Crippen MR) is 103 cm³/mol. The van der Waals surface area contributed by atoms with Crippen LogP contribution in [0.2, 0.25) is 5.02 Å². The first-order chi connectivity index (χ1) is 12.3. The number of allylic oxidation sites excluding steroid dienone is 1. The molecule has 0 spiro atoms. The van der Waals surface area contributed by atoms with Gasteiger partial charge in [0, 0.05) is 6.54 Å². The van der Waals surface area contributed by atoms with Gasteiger partial charge >= 0.3 is 0 Å². The molecule has 1 amide bonds. The molecule has 1 heterocycles. The Morgan fingerprint density at radius 2 is 2.04 bits per heavy atom. The molecule has 0 aliphatic heterocycles. The summed E-state index contributed by atoms with van der Waals surface area (Å²) < 4.78 is 25.5. The molecule has 2 N–H and O–H groups in total. The number of sulfonamides is 1. The Hall–Kier alpha value is -2.26. The van der Waals surface area contributed by atoms with E-state index in [1.807, 2.05) is 0 Å². The molecule has 9 heteroatoms. The number of nitrogens with zero attached hydrogens (tertiary/aromatic N) is 2. The summed E-state index contributed by atoms with van der Waals surface area (Å²) in [6, 6.07) is 11.2. The van der Waals surface area contributed by atoms with Gasteiger partial charge in [-0.3, -0.25) is 4.79 Å². The number of nitrogens with two attached hydrogens (primary N) is 1.